The molecule has 98 valence electrons. The molecule has 1 unspecified atom stereocenters. The summed E-state index contributed by atoms with van der Waals surface area (Å²) in [7, 11) is 2.28. The van der Waals surface area contributed by atoms with Crippen LogP contribution in [0, 0.1) is 10.8 Å². The quantitative estimate of drug-likeness (QED) is 0.378. The van der Waals surface area contributed by atoms with Crippen LogP contribution in [0.2, 0.25) is 0 Å². The zero-order valence-electron chi connectivity index (χ0n) is 12.3. The van der Waals surface area contributed by atoms with Crippen LogP contribution in [0.4, 0.5) is 0 Å². The monoisotopic (exact) mass is 254 g/mol. The Hall–Kier alpha value is -0.550. The van der Waals surface area contributed by atoms with Crippen LogP contribution in [-0.4, -0.2) is 0 Å². The minimum atomic E-state index is 0.0780. The zero-order chi connectivity index (χ0) is 13.7. The maximum atomic E-state index is 5.11. The van der Waals surface area contributed by atoms with E-state index >= 15 is 0 Å². The van der Waals surface area contributed by atoms with E-state index in [2.05, 4.69) is 69.2 Å². The van der Waals surface area contributed by atoms with E-state index < -0.39 is 0 Å². The van der Waals surface area contributed by atoms with Gasteiger partial charge in [0, 0.05) is 0 Å². The third-order valence-electron chi connectivity index (χ3n) is 2.58. The van der Waals surface area contributed by atoms with Crippen LogP contribution in [0.1, 0.15) is 48.5 Å². The largest absolute Gasteiger partial charge is 0.488 e. The Morgan fingerprint density at radius 2 is 1.41 bits per heavy atom. The van der Waals surface area contributed by atoms with Gasteiger partial charge < -0.3 is 4.52 Å². The normalized spacial score (nSPS) is 15.5. The Bertz CT molecular complexity index is 322. The van der Waals surface area contributed by atoms with Crippen molar-refractivity contribution in [1.82, 2.24) is 0 Å². The van der Waals surface area contributed by atoms with Gasteiger partial charge in [-0.05, 0) is 28.9 Å². The molecule has 1 nitrogen and oxygen atoms in total. The number of allylic oxidation sites excluding steroid dienone is 5. The molecule has 0 saturated carbocycles. The summed E-state index contributed by atoms with van der Waals surface area (Å²) in [5.74, 6) is 0. The average molecular weight is 254 g/mol. The predicted molar refractivity (Wildman–Crippen MR) is 80.7 cm³/mol. The van der Waals surface area contributed by atoms with E-state index in [4.69, 9.17) is 4.52 Å². The lowest BCUT2D eigenvalue weighted by Crippen LogP contribution is -2.12. The van der Waals surface area contributed by atoms with E-state index in [0.717, 1.165) is 0 Å². The highest BCUT2D eigenvalue weighted by atomic mass is 31.0. The lowest BCUT2D eigenvalue weighted by Gasteiger charge is -2.25. The fourth-order valence-electron chi connectivity index (χ4n) is 1.36. The Balaban J connectivity index is 5.49. The maximum absolute atomic E-state index is 5.11. The Kier molecular flexibility index (Phi) is 6.19. The fraction of sp³-hybridized carbons (Fsp3) is 0.600. The summed E-state index contributed by atoms with van der Waals surface area (Å²) >= 11 is 0. The van der Waals surface area contributed by atoms with Crippen LogP contribution >= 0.6 is 9.47 Å². The smallest absolute Gasteiger partial charge is 0.0898 e. The van der Waals surface area contributed by atoms with E-state index in [1.54, 1.807) is 6.26 Å². The molecule has 17 heavy (non-hydrogen) atoms. The van der Waals surface area contributed by atoms with E-state index in [1.165, 1.54) is 11.1 Å². The third-order valence-corrected chi connectivity index (χ3v) is 2.72. The molecule has 0 rings (SSSR count). The van der Waals surface area contributed by atoms with E-state index in [9.17, 15) is 0 Å². The molecule has 0 bridgehead atoms. The molecule has 0 aromatic carbocycles. The van der Waals surface area contributed by atoms with Gasteiger partial charge in [0.1, 0.15) is 0 Å². The number of hydrogen-bond donors (Lipinski definition) is 0. The minimum absolute atomic E-state index is 0.0780. The van der Waals surface area contributed by atoms with Crippen LogP contribution in [0.25, 0.3) is 0 Å². The van der Waals surface area contributed by atoms with Gasteiger partial charge in [0.2, 0.25) is 0 Å². The second-order valence-electron chi connectivity index (χ2n) is 6.31. The number of hydrogen-bond acceptors (Lipinski definition) is 1. The molecule has 0 radical (unpaired) electrons. The van der Waals surface area contributed by atoms with Gasteiger partial charge in [-0.15, -0.1) is 0 Å². The van der Waals surface area contributed by atoms with Gasteiger partial charge in [-0.25, -0.2) is 0 Å². The summed E-state index contributed by atoms with van der Waals surface area (Å²) in [6.07, 6.45) is 8.28. The third kappa shape index (κ3) is 6.07. The van der Waals surface area contributed by atoms with Crippen molar-refractivity contribution in [3.8, 4) is 0 Å². The Morgan fingerprint density at radius 1 is 0.941 bits per heavy atom. The molecule has 2 heteroatoms. The highest BCUT2D eigenvalue weighted by Crippen LogP contribution is 2.33. The second-order valence-corrected chi connectivity index (χ2v) is 6.58. The van der Waals surface area contributed by atoms with Gasteiger partial charge >= 0.3 is 0 Å². The van der Waals surface area contributed by atoms with Gasteiger partial charge in [-0.2, -0.15) is 0 Å². The SMILES string of the molecule is C/C=C/C(=C\C(=C\OP)C(C)(C)C)C(C)(C)C. The van der Waals surface area contributed by atoms with Crippen molar-refractivity contribution in [2.45, 2.75) is 48.5 Å². The molecule has 0 heterocycles. The van der Waals surface area contributed by atoms with Crippen molar-refractivity contribution in [3.63, 3.8) is 0 Å². The van der Waals surface area contributed by atoms with Crippen molar-refractivity contribution in [2.75, 3.05) is 0 Å². The molecule has 0 fully saturated rings. The lowest BCUT2D eigenvalue weighted by molar-refractivity contribution is 0.470. The van der Waals surface area contributed by atoms with Crippen LogP contribution in [-0.2, 0) is 4.52 Å². The molecule has 0 saturated heterocycles. The average Bonchev–Trinajstić information content (AvgIpc) is 2.12. The molecule has 0 aromatic heterocycles. The van der Waals surface area contributed by atoms with Gasteiger partial charge in [-0.3, -0.25) is 0 Å². The van der Waals surface area contributed by atoms with Gasteiger partial charge in [-0.1, -0.05) is 59.8 Å². The van der Waals surface area contributed by atoms with Crippen molar-refractivity contribution in [3.05, 3.63) is 35.6 Å². The van der Waals surface area contributed by atoms with Crippen molar-refractivity contribution in [1.29, 1.82) is 0 Å². The van der Waals surface area contributed by atoms with Crippen LogP contribution in [0.15, 0.2) is 35.6 Å². The van der Waals surface area contributed by atoms with Crippen molar-refractivity contribution < 1.29 is 4.52 Å². The van der Waals surface area contributed by atoms with Crippen molar-refractivity contribution >= 4 is 9.47 Å². The molecule has 0 aliphatic carbocycles. The first-order valence-electron chi connectivity index (χ1n) is 6.04. The van der Waals surface area contributed by atoms with E-state index in [0.29, 0.717) is 0 Å². The molecule has 1 atom stereocenters. The predicted octanol–water partition coefficient (Wildman–Crippen LogP) is 5.27. The van der Waals surface area contributed by atoms with Gasteiger partial charge in [0.15, 0.2) is 0 Å². The molecule has 0 spiro atoms. The second kappa shape index (κ2) is 6.40. The molecule has 0 amide bonds. The lowest BCUT2D eigenvalue weighted by atomic mass is 9.80. The van der Waals surface area contributed by atoms with E-state index in [-0.39, 0.29) is 10.8 Å². The fourth-order valence-corrected chi connectivity index (χ4v) is 1.51. The van der Waals surface area contributed by atoms with Gasteiger partial charge in [0.25, 0.3) is 0 Å². The number of rotatable bonds is 3. The summed E-state index contributed by atoms with van der Waals surface area (Å²) < 4.78 is 5.11. The Labute approximate surface area is 109 Å². The molecule has 0 aliphatic heterocycles. The molecule has 0 N–H and O–H groups in total. The first-order valence-corrected chi connectivity index (χ1v) is 6.51. The molecule has 0 aliphatic rings. The summed E-state index contributed by atoms with van der Waals surface area (Å²) in [5.41, 5.74) is 2.71. The minimum Gasteiger partial charge on any atom is -0.488 e. The topological polar surface area (TPSA) is 9.23 Å². The van der Waals surface area contributed by atoms with Crippen LogP contribution in [0.5, 0.6) is 0 Å². The van der Waals surface area contributed by atoms with Crippen LogP contribution in [0.3, 0.4) is 0 Å². The van der Waals surface area contributed by atoms with Crippen molar-refractivity contribution in [2.24, 2.45) is 10.8 Å². The maximum Gasteiger partial charge on any atom is 0.0898 e. The van der Waals surface area contributed by atoms with Crippen LogP contribution < -0.4 is 0 Å². The molecular formula is C15H27OP. The first-order chi connectivity index (χ1) is 7.62. The standard InChI is InChI=1S/C15H27OP/c1-8-9-12(14(2,3)4)10-13(11-16-17)15(5,6)7/h8-11H,17H2,1-7H3/b9-8+,12-10+,13-11-. The summed E-state index contributed by atoms with van der Waals surface area (Å²) in [6, 6.07) is 0. The Morgan fingerprint density at radius 3 is 1.71 bits per heavy atom. The highest BCUT2D eigenvalue weighted by Gasteiger charge is 2.20. The zero-order valence-corrected chi connectivity index (χ0v) is 13.4. The molecular weight excluding hydrogens is 227 g/mol. The summed E-state index contributed by atoms with van der Waals surface area (Å²) in [5, 5.41) is 0. The first kappa shape index (κ1) is 16.4. The summed E-state index contributed by atoms with van der Waals surface area (Å²) in [4.78, 5) is 0. The highest BCUT2D eigenvalue weighted by molar-refractivity contribution is 7.10. The van der Waals surface area contributed by atoms with Gasteiger partial charge in [0.05, 0.1) is 15.7 Å². The van der Waals surface area contributed by atoms with E-state index in [1.807, 2.05) is 6.92 Å². The molecule has 0 aromatic rings. The summed E-state index contributed by atoms with van der Waals surface area (Å²) in [6.45, 7) is 15.3.